The number of hydrogen-bond acceptors (Lipinski definition) is 3. The number of aromatic nitrogens is 1. The normalized spacial score (nSPS) is 9.86. The summed E-state index contributed by atoms with van der Waals surface area (Å²) in [5, 5.41) is 0.252. The SMILES string of the molecule is CCOC(=O)Cc1c[nH]c(Cl)cc1=O. The van der Waals surface area contributed by atoms with Gasteiger partial charge in [0.05, 0.1) is 13.0 Å². The van der Waals surface area contributed by atoms with Crippen LogP contribution in [0.25, 0.3) is 0 Å². The zero-order valence-electron chi connectivity index (χ0n) is 7.67. The topological polar surface area (TPSA) is 59.2 Å². The molecule has 4 nitrogen and oxygen atoms in total. The molecule has 0 unspecified atom stereocenters. The van der Waals surface area contributed by atoms with Gasteiger partial charge in [-0.2, -0.15) is 0 Å². The first kappa shape index (κ1) is 10.8. The van der Waals surface area contributed by atoms with Crippen LogP contribution in [-0.2, 0) is 16.0 Å². The average molecular weight is 216 g/mol. The summed E-state index contributed by atoms with van der Waals surface area (Å²) in [4.78, 5) is 25.0. The van der Waals surface area contributed by atoms with Crippen molar-refractivity contribution in [2.24, 2.45) is 0 Å². The highest BCUT2D eigenvalue weighted by atomic mass is 35.5. The third-order valence-corrected chi connectivity index (χ3v) is 1.82. The molecule has 0 bridgehead atoms. The molecule has 0 atom stereocenters. The van der Waals surface area contributed by atoms with Crippen molar-refractivity contribution >= 4 is 17.6 Å². The molecule has 0 saturated heterocycles. The Morgan fingerprint density at radius 2 is 2.36 bits per heavy atom. The third kappa shape index (κ3) is 2.88. The monoisotopic (exact) mass is 215 g/mol. The summed E-state index contributed by atoms with van der Waals surface area (Å²) in [6.45, 7) is 2.02. The van der Waals surface area contributed by atoms with E-state index in [1.165, 1.54) is 12.3 Å². The second kappa shape index (κ2) is 4.81. The van der Waals surface area contributed by atoms with Crippen LogP contribution in [0.1, 0.15) is 12.5 Å². The molecule has 0 fully saturated rings. The van der Waals surface area contributed by atoms with Gasteiger partial charge in [-0.3, -0.25) is 9.59 Å². The van der Waals surface area contributed by atoms with Crippen LogP contribution in [0.5, 0.6) is 0 Å². The Kier molecular flexibility index (Phi) is 3.71. The summed E-state index contributed by atoms with van der Waals surface area (Å²) in [7, 11) is 0. The fraction of sp³-hybridized carbons (Fsp3) is 0.333. The van der Waals surface area contributed by atoms with Crippen LogP contribution < -0.4 is 5.43 Å². The molecular weight excluding hydrogens is 206 g/mol. The fourth-order valence-electron chi connectivity index (χ4n) is 0.982. The molecule has 0 amide bonds. The van der Waals surface area contributed by atoms with Gasteiger partial charge >= 0.3 is 5.97 Å². The standard InChI is InChI=1S/C9H10ClNO3/c1-2-14-9(13)3-6-5-11-8(10)4-7(6)12/h4-5H,2-3H2,1H3,(H,11,12). The van der Waals surface area contributed by atoms with Gasteiger partial charge < -0.3 is 9.72 Å². The molecular formula is C9H10ClNO3. The molecule has 0 spiro atoms. The van der Waals surface area contributed by atoms with Crippen molar-refractivity contribution in [2.45, 2.75) is 13.3 Å². The van der Waals surface area contributed by atoms with Crippen molar-refractivity contribution in [1.82, 2.24) is 4.98 Å². The van der Waals surface area contributed by atoms with Gasteiger partial charge in [0.1, 0.15) is 5.15 Å². The number of carbonyl (C=O) groups is 1. The van der Waals surface area contributed by atoms with Crippen LogP contribution in [0.3, 0.4) is 0 Å². The number of H-pyrrole nitrogens is 1. The van der Waals surface area contributed by atoms with Crippen LogP contribution in [0.15, 0.2) is 17.1 Å². The minimum absolute atomic E-state index is 0.0274. The highest BCUT2D eigenvalue weighted by Crippen LogP contribution is 2.01. The summed E-state index contributed by atoms with van der Waals surface area (Å²) in [6, 6.07) is 1.23. The molecule has 1 rings (SSSR count). The lowest BCUT2D eigenvalue weighted by Gasteiger charge is -2.00. The van der Waals surface area contributed by atoms with Crippen molar-refractivity contribution in [3.8, 4) is 0 Å². The van der Waals surface area contributed by atoms with Crippen molar-refractivity contribution in [3.05, 3.63) is 33.2 Å². The van der Waals surface area contributed by atoms with E-state index >= 15 is 0 Å². The number of aromatic amines is 1. The van der Waals surface area contributed by atoms with Gasteiger partial charge in [0, 0.05) is 17.8 Å². The fourth-order valence-corrected chi connectivity index (χ4v) is 1.14. The van der Waals surface area contributed by atoms with Crippen LogP contribution in [-0.4, -0.2) is 17.6 Å². The predicted octanol–water partition coefficient (Wildman–Crippen LogP) is 1.13. The molecule has 76 valence electrons. The van der Waals surface area contributed by atoms with E-state index in [1.807, 2.05) is 0 Å². The van der Waals surface area contributed by atoms with Crippen molar-refractivity contribution in [3.63, 3.8) is 0 Å². The summed E-state index contributed by atoms with van der Waals surface area (Å²) in [5.74, 6) is -0.416. The quantitative estimate of drug-likeness (QED) is 0.608. The summed E-state index contributed by atoms with van der Waals surface area (Å²) in [5.41, 5.74) is 0.0923. The Morgan fingerprint density at radius 3 is 2.93 bits per heavy atom. The van der Waals surface area contributed by atoms with E-state index in [0.717, 1.165) is 0 Å². The molecule has 0 radical (unpaired) electrons. The molecule has 0 aliphatic rings. The van der Waals surface area contributed by atoms with Gasteiger partial charge in [-0.15, -0.1) is 0 Å². The molecule has 1 heterocycles. The number of esters is 1. The van der Waals surface area contributed by atoms with Gasteiger partial charge in [-0.25, -0.2) is 0 Å². The van der Waals surface area contributed by atoms with Gasteiger partial charge in [0.25, 0.3) is 0 Å². The first-order valence-corrected chi connectivity index (χ1v) is 4.54. The van der Waals surface area contributed by atoms with Gasteiger partial charge in [0.15, 0.2) is 5.43 Å². The maximum Gasteiger partial charge on any atom is 0.310 e. The Labute approximate surface area is 85.9 Å². The summed E-state index contributed by atoms with van der Waals surface area (Å²) >= 11 is 5.54. The first-order chi connectivity index (χ1) is 6.63. The lowest BCUT2D eigenvalue weighted by Crippen LogP contribution is -2.15. The predicted molar refractivity (Wildman–Crippen MR) is 52.4 cm³/mol. The lowest BCUT2D eigenvalue weighted by molar-refractivity contribution is -0.142. The van der Waals surface area contributed by atoms with Crippen LogP contribution >= 0.6 is 11.6 Å². The number of carbonyl (C=O) groups excluding carboxylic acids is 1. The van der Waals surface area contributed by atoms with Crippen molar-refractivity contribution < 1.29 is 9.53 Å². The zero-order chi connectivity index (χ0) is 10.6. The Balaban J connectivity index is 2.77. The highest BCUT2D eigenvalue weighted by Gasteiger charge is 2.07. The Hall–Kier alpha value is -1.29. The molecule has 0 aliphatic carbocycles. The zero-order valence-corrected chi connectivity index (χ0v) is 8.43. The third-order valence-electron chi connectivity index (χ3n) is 1.60. The van der Waals surface area contributed by atoms with Gasteiger partial charge in [-0.1, -0.05) is 11.6 Å². The largest absolute Gasteiger partial charge is 0.466 e. The second-order valence-corrected chi connectivity index (χ2v) is 3.06. The van der Waals surface area contributed by atoms with Gasteiger partial charge in [0.2, 0.25) is 0 Å². The van der Waals surface area contributed by atoms with E-state index in [9.17, 15) is 9.59 Å². The second-order valence-electron chi connectivity index (χ2n) is 2.65. The van der Waals surface area contributed by atoms with Crippen molar-refractivity contribution in [1.29, 1.82) is 0 Å². The van der Waals surface area contributed by atoms with Crippen LogP contribution in [0.2, 0.25) is 5.15 Å². The van der Waals surface area contributed by atoms with E-state index in [1.54, 1.807) is 6.92 Å². The minimum atomic E-state index is -0.416. The van der Waals surface area contributed by atoms with Gasteiger partial charge in [-0.05, 0) is 6.92 Å². The molecule has 0 aromatic carbocycles. The molecule has 0 aliphatic heterocycles. The smallest absolute Gasteiger partial charge is 0.310 e. The molecule has 1 aromatic rings. The van der Waals surface area contributed by atoms with E-state index in [0.29, 0.717) is 12.2 Å². The highest BCUT2D eigenvalue weighted by molar-refractivity contribution is 6.29. The summed E-state index contributed by atoms with van der Waals surface area (Å²) in [6.07, 6.45) is 1.39. The molecule has 0 saturated carbocycles. The van der Waals surface area contributed by atoms with Crippen LogP contribution in [0, 0.1) is 0 Å². The Bertz CT molecular complexity index is 386. The van der Waals surface area contributed by atoms with E-state index < -0.39 is 5.97 Å². The number of halogens is 1. The Morgan fingerprint density at radius 1 is 1.64 bits per heavy atom. The maximum absolute atomic E-state index is 11.3. The van der Waals surface area contributed by atoms with E-state index in [2.05, 4.69) is 4.98 Å². The molecule has 5 heteroatoms. The van der Waals surface area contributed by atoms with E-state index in [-0.39, 0.29) is 17.0 Å². The number of rotatable bonds is 3. The number of hydrogen-bond donors (Lipinski definition) is 1. The number of nitrogens with one attached hydrogen (secondary N) is 1. The average Bonchev–Trinajstić information content (AvgIpc) is 2.10. The maximum atomic E-state index is 11.3. The molecule has 1 aromatic heterocycles. The number of ether oxygens (including phenoxy) is 1. The van der Waals surface area contributed by atoms with Crippen molar-refractivity contribution in [2.75, 3.05) is 6.61 Å². The van der Waals surface area contributed by atoms with E-state index in [4.69, 9.17) is 16.3 Å². The first-order valence-electron chi connectivity index (χ1n) is 4.16. The minimum Gasteiger partial charge on any atom is -0.466 e. The number of pyridine rings is 1. The lowest BCUT2D eigenvalue weighted by atomic mass is 10.2. The molecule has 1 N–H and O–H groups in total. The van der Waals surface area contributed by atoms with Crippen LogP contribution in [0.4, 0.5) is 0 Å². The molecule has 14 heavy (non-hydrogen) atoms. The summed E-state index contributed by atoms with van der Waals surface area (Å²) < 4.78 is 4.71.